The van der Waals surface area contributed by atoms with Crippen LogP contribution >= 0.6 is 21.6 Å². The molecular formula is C14H25BNO4S2. The van der Waals surface area contributed by atoms with Crippen LogP contribution in [0.15, 0.2) is 0 Å². The van der Waals surface area contributed by atoms with Crippen molar-refractivity contribution >= 4 is 41.2 Å². The quantitative estimate of drug-likeness (QED) is 0.470. The summed E-state index contributed by atoms with van der Waals surface area (Å²) in [6, 6.07) is 0.903. The molecule has 1 aliphatic heterocycles. The summed E-state index contributed by atoms with van der Waals surface area (Å²) in [7, 11) is 4.61. The van der Waals surface area contributed by atoms with Gasteiger partial charge in [-0.3, -0.25) is 14.5 Å². The highest BCUT2D eigenvalue weighted by Crippen LogP contribution is 2.34. The number of nitrogens with zero attached hydrogens (tertiary/aromatic N) is 1. The molecule has 0 spiro atoms. The van der Waals surface area contributed by atoms with Crippen molar-refractivity contribution in [1.82, 2.24) is 4.90 Å². The summed E-state index contributed by atoms with van der Waals surface area (Å²) in [5.41, 5.74) is 0. The van der Waals surface area contributed by atoms with E-state index in [1.54, 1.807) is 0 Å². The van der Waals surface area contributed by atoms with E-state index in [1.165, 1.54) is 0 Å². The molecule has 0 N–H and O–H groups in total. The van der Waals surface area contributed by atoms with Gasteiger partial charge in [0.15, 0.2) is 0 Å². The lowest BCUT2D eigenvalue weighted by molar-refractivity contribution is -0.139. The normalized spacial score (nSPS) is 15.6. The second-order valence-corrected chi connectivity index (χ2v) is 8.53. The molecule has 0 unspecified atom stereocenters. The van der Waals surface area contributed by atoms with Crippen molar-refractivity contribution in [3.05, 3.63) is 0 Å². The van der Waals surface area contributed by atoms with Gasteiger partial charge in [-0.2, -0.15) is 0 Å². The molecule has 0 saturated carbocycles. The minimum absolute atomic E-state index is 0.221. The summed E-state index contributed by atoms with van der Waals surface area (Å²) in [6.07, 6.45) is 0.606. The first-order valence-electron chi connectivity index (χ1n) is 7.61. The van der Waals surface area contributed by atoms with Crippen LogP contribution in [0.4, 0.5) is 0 Å². The Balaban J connectivity index is 2.22. The Kier molecular flexibility index (Phi) is 9.36. The molecular weight excluding hydrogens is 321 g/mol. The zero-order chi connectivity index (χ0) is 16.5. The molecule has 0 aromatic carbocycles. The van der Waals surface area contributed by atoms with Gasteiger partial charge in [0.05, 0.1) is 6.42 Å². The highest BCUT2D eigenvalue weighted by atomic mass is 33.1. The average Bonchev–Trinajstić information content (AvgIpc) is 2.91. The molecule has 0 aromatic heterocycles. The van der Waals surface area contributed by atoms with E-state index in [-0.39, 0.29) is 17.9 Å². The predicted octanol–water partition coefficient (Wildman–Crippen LogP) is 2.52. The number of hydrogen-bond donors (Lipinski definition) is 0. The molecule has 0 atom stereocenters. The Labute approximate surface area is 141 Å². The van der Waals surface area contributed by atoms with E-state index in [0.29, 0.717) is 31.5 Å². The van der Waals surface area contributed by atoms with Crippen LogP contribution in [0.25, 0.3) is 0 Å². The first-order chi connectivity index (χ1) is 10.4. The molecule has 1 radical (unpaired) electrons. The third-order valence-corrected chi connectivity index (χ3v) is 5.77. The molecule has 1 aliphatic rings. The maximum atomic E-state index is 11.7. The molecule has 22 heavy (non-hydrogen) atoms. The maximum Gasteiger partial charge on any atom is 0.662 e. The fourth-order valence-corrected chi connectivity index (χ4v) is 4.94. The van der Waals surface area contributed by atoms with Gasteiger partial charge in [-0.05, 0) is 19.8 Å². The zero-order valence-electron chi connectivity index (χ0n) is 13.7. The summed E-state index contributed by atoms with van der Waals surface area (Å²) in [5.74, 6) is 1.65. The van der Waals surface area contributed by atoms with Crippen molar-refractivity contribution in [3.8, 4) is 0 Å². The summed E-state index contributed by atoms with van der Waals surface area (Å²) in [5, 5.41) is 0. The standard InChI is InChI=1S/C14H25BNO4S2/c1-10(2)7-14(18)20-15-19-13(17)5-6-16(11(3)4)12-8-21-22-9-12/h10-12H,5-9H2,1-4H3. The molecule has 5 nitrogen and oxygen atoms in total. The van der Waals surface area contributed by atoms with Crippen molar-refractivity contribution < 1.29 is 18.9 Å². The van der Waals surface area contributed by atoms with Gasteiger partial charge >= 0.3 is 7.69 Å². The maximum absolute atomic E-state index is 11.7. The Morgan fingerprint density at radius 1 is 1.14 bits per heavy atom. The van der Waals surface area contributed by atoms with Crippen LogP contribution in [0, 0.1) is 5.92 Å². The van der Waals surface area contributed by atoms with Gasteiger partial charge in [0.2, 0.25) is 0 Å². The van der Waals surface area contributed by atoms with Crippen LogP contribution in [0.2, 0.25) is 0 Å². The molecule has 0 amide bonds. The van der Waals surface area contributed by atoms with Gasteiger partial charge in [-0.25, -0.2) is 0 Å². The largest absolute Gasteiger partial charge is 0.662 e. The Morgan fingerprint density at radius 3 is 2.27 bits per heavy atom. The minimum atomic E-state index is -0.383. The average molecular weight is 346 g/mol. The molecule has 1 saturated heterocycles. The van der Waals surface area contributed by atoms with E-state index in [9.17, 15) is 9.59 Å². The smallest absolute Gasteiger partial charge is 0.500 e. The highest BCUT2D eigenvalue weighted by molar-refractivity contribution is 8.77. The van der Waals surface area contributed by atoms with Crippen LogP contribution < -0.4 is 0 Å². The first kappa shape index (κ1) is 19.7. The third kappa shape index (κ3) is 7.79. The van der Waals surface area contributed by atoms with Crippen LogP contribution in [0.3, 0.4) is 0 Å². The van der Waals surface area contributed by atoms with E-state index in [1.807, 2.05) is 35.4 Å². The molecule has 1 rings (SSSR count). The van der Waals surface area contributed by atoms with E-state index in [4.69, 9.17) is 9.31 Å². The number of carbonyl (C=O) groups excluding carboxylic acids is 2. The van der Waals surface area contributed by atoms with E-state index in [2.05, 4.69) is 18.7 Å². The molecule has 8 heteroatoms. The van der Waals surface area contributed by atoms with E-state index >= 15 is 0 Å². The van der Waals surface area contributed by atoms with Crippen LogP contribution in [-0.2, 0) is 18.9 Å². The molecule has 1 heterocycles. The van der Waals surface area contributed by atoms with E-state index in [0.717, 1.165) is 19.2 Å². The zero-order valence-corrected chi connectivity index (χ0v) is 15.4. The topological polar surface area (TPSA) is 55.8 Å². The van der Waals surface area contributed by atoms with Crippen LogP contribution in [-0.4, -0.2) is 54.7 Å². The lowest BCUT2D eigenvalue weighted by Gasteiger charge is -2.31. The number of rotatable bonds is 9. The number of hydrogen-bond acceptors (Lipinski definition) is 7. The van der Waals surface area contributed by atoms with Gasteiger partial charge in [0.1, 0.15) is 0 Å². The SMILES string of the molecule is CC(C)CC(=O)O[B]OC(=O)CCN(C(C)C)C1CSSC1. The van der Waals surface area contributed by atoms with Gasteiger partial charge < -0.3 is 9.31 Å². The van der Waals surface area contributed by atoms with Gasteiger partial charge in [-0.15, -0.1) is 0 Å². The fraction of sp³-hybridized carbons (Fsp3) is 0.857. The van der Waals surface area contributed by atoms with Gasteiger partial charge in [0.25, 0.3) is 11.9 Å². The molecule has 0 bridgehead atoms. The Bertz CT molecular complexity index is 363. The van der Waals surface area contributed by atoms with Crippen LogP contribution in [0.1, 0.15) is 40.5 Å². The summed E-state index contributed by atoms with van der Waals surface area (Å²) in [6.45, 7) is 8.79. The molecule has 1 fully saturated rings. The fourth-order valence-electron chi connectivity index (χ4n) is 2.15. The van der Waals surface area contributed by atoms with Crippen molar-refractivity contribution in [2.75, 3.05) is 18.1 Å². The second-order valence-electron chi connectivity index (χ2n) is 5.98. The summed E-state index contributed by atoms with van der Waals surface area (Å²) < 4.78 is 9.59. The van der Waals surface area contributed by atoms with Crippen molar-refractivity contribution in [1.29, 1.82) is 0 Å². The Morgan fingerprint density at radius 2 is 1.73 bits per heavy atom. The van der Waals surface area contributed by atoms with E-state index < -0.39 is 0 Å². The summed E-state index contributed by atoms with van der Waals surface area (Å²) >= 11 is 0. The van der Waals surface area contributed by atoms with Crippen LogP contribution in [0.5, 0.6) is 0 Å². The lowest BCUT2D eigenvalue weighted by atomic mass is 10.1. The predicted molar refractivity (Wildman–Crippen MR) is 92.6 cm³/mol. The number of carbonyl (C=O) groups is 2. The van der Waals surface area contributed by atoms with Gasteiger partial charge in [0, 0.05) is 36.6 Å². The third-order valence-electron chi connectivity index (χ3n) is 3.24. The lowest BCUT2D eigenvalue weighted by Crippen LogP contribution is -2.43. The minimum Gasteiger partial charge on any atom is -0.500 e. The first-order valence-corrected chi connectivity index (χ1v) is 10.1. The molecule has 0 aliphatic carbocycles. The monoisotopic (exact) mass is 346 g/mol. The highest BCUT2D eigenvalue weighted by Gasteiger charge is 2.26. The second kappa shape index (κ2) is 10.4. The molecule has 0 aromatic rings. The summed E-state index contributed by atoms with van der Waals surface area (Å²) in [4.78, 5) is 25.3. The van der Waals surface area contributed by atoms with Crippen molar-refractivity contribution in [3.63, 3.8) is 0 Å². The Hall–Kier alpha value is -0.335. The van der Waals surface area contributed by atoms with Crippen molar-refractivity contribution in [2.45, 2.75) is 52.6 Å². The van der Waals surface area contributed by atoms with Gasteiger partial charge in [-0.1, -0.05) is 35.4 Å². The van der Waals surface area contributed by atoms with Crippen molar-refractivity contribution in [2.24, 2.45) is 5.92 Å². The molecule has 125 valence electrons.